The van der Waals surface area contributed by atoms with Gasteiger partial charge in [0.15, 0.2) is 5.96 Å². The molecule has 0 radical (unpaired) electrons. The van der Waals surface area contributed by atoms with Crippen molar-refractivity contribution >= 4 is 29.9 Å². The maximum absolute atomic E-state index is 5.42. The van der Waals surface area contributed by atoms with Crippen LogP contribution in [0.1, 0.15) is 47.0 Å². The summed E-state index contributed by atoms with van der Waals surface area (Å²) in [5, 5.41) is 6.65. The minimum atomic E-state index is 0. The van der Waals surface area contributed by atoms with E-state index in [0.29, 0.717) is 18.6 Å². The van der Waals surface area contributed by atoms with Crippen molar-refractivity contribution in [2.75, 3.05) is 46.6 Å². The molecule has 0 aromatic carbocycles. The van der Waals surface area contributed by atoms with Crippen molar-refractivity contribution in [3.63, 3.8) is 0 Å². The van der Waals surface area contributed by atoms with Crippen molar-refractivity contribution in [1.82, 2.24) is 10.6 Å². The summed E-state index contributed by atoms with van der Waals surface area (Å²) in [6, 6.07) is 0. The zero-order chi connectivity index (χ0) is 16.0. The van der Waals surface area contributed by atoms with Gasteiger partial charge in [-0.05, 0) is 31.6 Å². The molecule has 0 saturated heterocycles. The van der Waals surface area contributed by atoms with E-state index in [0.717, 1.165) is 45.0 Å². The molecule has 5 nitrogen and oxygen atoms in total. The van der Waals surface area contributed by atoms with Gasteiger partial charge in [-0.15, -0.1) is 24.0 Å². The van der Waals surface area contributed by atoms with Gasteiger partial charge in [0.1, 0.15) is 0 Å². The Hall–Kier alpha value is -0.0800. The first-order valence-corrected chi connectivity index (χ1v) is 8.08. The Balaban J connectivity index is 0. The SMILES string of the molecule is CCNC(=NCCCOCCOC)NCCCC(C)(C)C.I. The lowest BCUT2D eigenvalue weighted by Crippen LogP contribution is -2.38. The lowest BCUT2D eigenvalue weighted by molar-refractivity contribution is 0.0702. The Bertz CT molecular complexity index is 269. The van der Waals surface area contributed by atoms with Crippen LogP contribution < -0.4 is 10.6 Å². The fourth-order valence-corrected chi connectivity index (χ4v) is 1.77. The van der Waals surface area contributed by atoms with Crippen molar-refractivity contribution < 1.29 is 9.47 Å². The summed E-state index contributed by atoms with van der Waals surface area (Å²) >= 11 is 0. The summed E-state index contributed by atoms with van der Waals surface area (Å²) in [5.41, 5.74) is 0.400. The molecular formula is C16H36IN3O2. The minimum absolute atomic E-state index is 0. The summed E-state index contributed by atoms with van der Waals surface area (Å²) in [6.07, 6.45) is 3.31. The average molecular weight is 429 g/mol. The number of hydrogen-bond donors (Lipinski definition) is 2. The van der Waals surface area contributed by atoms with E-state index in [1.807, 2.05) is 0 Å². The van der Waals surface area contributed by atoms with Gasteiger partial charge in [0, 0.05) is 33.4 Å². The molecule has 134 valence electrons. The summed E-state index contributed by atoms with van der Waals surface area (Å²) in [6.45, 7) is 13.6. The number of rotatable bonds is 11. The van der Waals surface area contributed by atoms with E-state index in [2.05, 4.69) is 43.3 Å². The van der Waals surface area contributed by atoms with Crippen LogP contribution in [0.5, 0.6) is 0 Å². The van der Waals surface area contributed by atoms with Crippen LogP contribution >= 0.6 is 24.0 Å². The van der Waals surface area contributed by atoms with Crippen LogP contribution in [0.3, 0.4) is 0 Å². The standard InChI is InChI=1S/C16H35N3O2.HI/c1-6-17-15(18-10-7-9-16(2,3)4)19-11-8-12-21-14-13-20-5;/h6-14H2,1-5H3,(H2,17,18,19);1H. The van der Waals surface area contributed by atoms with Crippen LogP contribution in [0, 0.1) is 5.41 Å². The number of hydrogen-bond acceptors (Lipinski definition) is 3. The maximum Gasteiger partial charge on any atom is 0.191 e. The fraction of sp³-hybridized carbons (Fsp3) is 0.938. The Morgan fingerprint density at radius 3 is 2.36 bits per heavy atom. The molecule has 2 N–H and O–H groups in total. The van der Waals surface area contributed by atoms with Crippen molar-refractivity contribution in [3.8, 4) is 0 Å². The molecular weight excluding hydrogens is 393 g/mol. The topological polar surface area (TPSA) is 54.9 Å². The highest BCUT2D eigenvalue weighted by molar-refractivity contribution is 14.0. The van der Waals surface area contributed by atoms with Crippen LogP contribution in [-0.4, -0.2) is 52.5 Å². The van der Waals surface area contributed by atoms with Gasteiger partial charge >= 0.3 is 0 Å². The zero-order valence-corrected chi connectivity index (χ0v) is 17.4. The van der Waals surface area contributed by atoms with Crippen LogP contribution in [-0.2, 0) is 9.47 Å². The highest BCUT2D eigenvalue weighted by atomic mass is 127. The third-order valence-corrected chi connectivity index (χ3v) is 2.89. The molecule has 0 aromatic heterocycles. The van der Waals surface area contributed by atoms with E-state index in [1.54, 1.807) is 7.11 Å². The Kier molecular flexibility index (Phi) is 17.4. The fourth-order valence-electron chi connectivity index (χ4n) is 1.77. The third-order valence-electron chi connectivity index (χ3n) is 2.89. The highest BCUT2D eigenvalue weighted by Crippen LogP contribution is 2.19. The number of methoxy groups -OCH3 is 1. The van der Waals surface area contributed by atoms with Gasteiger partial charge in [-0.3, -0.25) is 4.99 Å². The van der Waals surface area contributed by atoms with Crippen molar-refractivity contribution in [2.24, 2.45) is 10.4 Å². The largest absolute Gasteiger partial charge is 0.382 e. The van der Waals surface area contributed by atoms with Gasteiger partial charge in [-0.25, -0.2) is 0 Å². The van der Waals surface area contributed by atoms with Crippen LogP contribution in [0.15, 0.2) is 4.99 Å². The molecule has 0 aliphatic carbocycles. The number of guanidine groups is 1. The smallest absolute Gasteiger partial charge is 0.191 e. The number of nitrogens with one attached hydrogen (secondary N) is 2. The summed E-state index contributed by atoms with van der Waals surface area (Å²) in [5.74, 6) is 0.906. The molecule has 0 aromatic rings. The second kappa shape index (κ2) is 15.8. The summed E-state index contributed by atoms with van der Waals surface area (Å²) in [7, 11) is 1.68. The normalized spacial score (nSPS) is 12.0. The van der Waals surface area contributed by atoms with E-state index in [4.69, 9.17) is 9.47 Å². The van der Waals surface area contributed by atoms with E-state index in [-0.39, 0.29) is 24.0 Å². The Morgan fingerprint density at radius 1 is 1.05 bits per heavy atom. The molecule has 0 aliphatic rings. The molecule has 22 heavy (non-hydrogen) atoms. The van der Waals surface area contributed by atoms with Gasteiger partial charge in [0.2, 0.25) is 0 Å². The lowest BCUT2D eigenvalue weighted by atomic mass is 9.91. The minimum Gasteiger partial charge on any atom is -0.382 e. The summed E-state index contributed by atoms with van der Waals surface area (Å²) < 4.78 is 10.3. The number of halogens is 1. The predicted octanol–water partition coefficient (Wildman–Crippen LogP) is 3.04. The van der Waals surface area contributed by atoms with E-state index < -0.39 is 0 Å². The molecule has 0 aliphatic heterocycles. The number of nitrogens with zero attached hydrogens (tertiary/aromatic N) is 1. The first-order valence-electron chi connectivity index (χ1n) is 8.08. The average Bonchev–Trinajstić information content (AvgIpc) is 2.41. The predicted molar refractivity (Wildman–Crippen MR) is 105 cm³/mol. The van der Waals surface area contributed by atoms with Crippen LogP contribution in [0.25, 0.3) is 0 Å². The molecule has 0 amide bonds. The van der Waals surface area contributed by atoms with Crippen molar-refractivity contribution in [2.45, 2.75) is 47.0 Å². The highest BCUT2D eigenvalue weighted by Gasteiger charge is 2.09. The van der Waals surface area contributed by atoms with E-state index in [1.165, 1.54) is 6.42 Å². The molecule has 0 unspecified atom stereocenters. The molecule has 0 fully saturated rings. The van der Waals surface area contributed by atoms with Crippen molar-refractivity contribution in [3.05, 3.63) is 0 Å². The molecule has 0 spiro atoms. The zero-order valence-electron chi connectivity index (χ0n) is 15.0. The first kappa shape index (κ1) is 24.2. The number of aliphatic imine (C=N–C) groups is 1. The second-order valence-electron chi connectivity index (χ2n) is 6.31. The summed E-state index contributed by atoms with van der Waals surface area (Å²) in [4.78, 5) is 4.55. The van der Waals surface area contributed by atoms with Crippen LogP contribution in [0.4, 0.5) is 0 Å². The lowest BCUT2D eigenvalue weighted by Gasteiger charge is -2.18. The van der Waals surface area contributed by atoms with Gasteiger partial charge in [0.05, 0.1) is 13.2 Å². The first-order chi connectivity index (χ1) is 9.99. The van der Waals surface area contributed by atoms with Crippen molar-refractivity contribution in [1.29, 1.82) is 0 Å². The Labute approximate surface area is 154 Å². The van der Waals surface area contributed by atoms with Crippen LogP contribution in [0.2, 0.25) is 0 Å². The second-order valence-corrected chi connectivity index (χ2v) is 6.31. The third kappa shape index (κ3) is 18.0. The monoisotopic (exact) mass is 429 g/mol. The van der Waals surface area contributed by atoms with Gasteiger partial charge in [-0.2, -0.15) is 0 Å². The Morgan fingerprint density at radius 2 is 1.77 bits per heavy atom. The van der Waals surface area contributed by atoms with Gasteiger partial charge in [0.25, 0.3) is 0 Å². The number of ether oxygens (including phenoxy) is 2. The molecule has 6 heteroatoms. The van der Waals surface area contributed by atoms with Gasteiger partial charge < -0.3 is 20.1 Å². The molecule has 0 bridgehead atoms. The van der Waals surface area contributed by atoms with E-state index >= 15 is 0 Å². The molecule has 0 saturated carbocycles. The molecule has 0 rings (SSSR count). The molecule has 0 heterocycles. The molecule has 0 atom stereocenters. The quantitative estimate of drug-likeness (QED) is 0.230. The van der Waals surface area contributed by atoms with Gasteiger partial charge in [-0.1, -0.05) is 20.8 Å². The van der Waals surface area contributed by atoms with E-state index in [9.17, 15) is 0 Å². The maximum atomic E-state index is 5.42.